The van der Waals surface area contributed by atoms with Gasteiger partial charge in [0.05, 0.1) is 40.1 Å². The number of fused-ring (bicyclic) bond motifs is 2. The van der Waals surface area contributed by atoms with Crippen LogP contribution in [0.25, 0.3) is 10.9 Å². The van der Waals surface area contributed by atoms with Gasteiger partial charge in [0.1, 0.15) is 11.6 Å². The lowest BCUT2D eigenvalue weighted by molar-refractivity contribution is -0.113. The molecule has 1 atom stereocenters. The van der Waals surface area contributed by atoms with Crippen LogP contribution >= 0.6 is 23.4 Å². The smallest absolute Gasteiger partial charge is 0.235 e. The van der Waals surface area contributed by atoms with Crippen LogP contribution in [0.15, 0.2) is 41.4 Å². The van der Waals surface area contributed by atoms with E-state index in [2.05, 4.69) is 20.2 Å². The van der Waals surface area contributed by atoms with Crippen molar-refractivity contribution in [2.75, 3.05) is 37.8 Å². The minimum Gasteiger partial charge on any atom is -0.497 e. The number of methoxy groups -OCH3 is 1. The number of benzene rings is 1. The van der Waals surface area contributed by atoms with Gasteiger partial charge in [0.15, 0.2) is 0 Å². The van der Waals surface area contributed by atoms with Crippen LogP contribution in [-0.4, -0.2) is 58.4 Å². The Labute approximate surface area is 214 Å². The maximum absolute atomic E-state index is 11.1. The number of hydrogen-bond acceptors (Lipinski definition) is 8. The second-order valence-corrected chi connectivity index (χ2v) is 9.89. The zero-order chi connectivity index (χ0) is 24.8. The largest absolute Gasteiger partial charge is 0.497 e. The predicted octanol–water partition coefficient (Wildman–Crippen LogP) is 4.00. The number of carbonyl (C=O) groups is 1. The van der Waals surface area contributed by atoms with Crippen LogP contribution in [-0.2, 0) is 11.3 Å². The van der Waals surface area contributed by atoms with Gasteiger partial charge in [-0.15, -0.1) is 11.8 Å². The number of amides is 1. The van der Waals surface area contributed by atoms with Crippen molar-refractivity contribution >= 4 is 46.0 Å². The molecule has 10 heteroatoms. The summed E-state index contributed by atoms with van der Waals surface area (Å²) in [5, 5.41) is 14.8. The van der Waals surface area contributed by atoms with E-state index in [9.17, 15) is 9.90 Å². The van der Waals surface area contributed by atoms with E-state index in [0.29, 0.717) is 28.8 Å². The fourth-order valence-electron chi connectivity index (χ4n) is 4.21. The molecule has 1 aromatic carbocycles. The molecule has 0 saturated carbocycles. The monoisotopic (exact) mass is 515 g/mol. The summed E-state index contributed by atoms with van der Waals surface area (Å²) in [7, 11) is 1.65. The van der Waals surface area contributed by atoms with E-state index in [1.54, 1.807) is 19.4 Å². The van der Waals surface area contributed by atoms with E-state index in [1.165, 1.54) is 31.0 Å². The Balaban J connectivity index is 0.000000179. The first-order chi connectivity index (χ1) is 17.0. The summed E-state index contributed by atoms with van der Waals surface area (Å²) < 4.78 is 5.29. The van der Waals surface area contributed by atoms with E-state index in [4.69, 9.17) is 22.1 Å². The number of hydrogen-bond donors (Lipinski definition) is 3. The molecule has 1 saturated heterocycles. The minimum atomic E-state index is -0.485. The first-order valence-electron chi connectivity index (χ1n) is 11.6. The molecule has 186 valence electrons. The van der Waals surface area contributed by atoms with Crippen LogP contribution in [0.1, 0.15) is 36.6 Å². The molecule has 3 aromatic rings. The van der Waals surface area contributed by atoms with Gasteiger partial charge in [-0.3, -0.25) is 9.78 Å². The summed E-state index contributed by atoms with van der Waals surface area (Å²) in [5.74, 6) is 1.73. The van der Waals surface area contributed by atoms with Gasteiger partial charge in [0, 0.05) is 24.7 Å². The second kappa shape index (κ2) is 12.0. The molecular weight excluding hydrogens is 486 g/mol. The summed E-state index contributed by atoms with van der Waals surface area (Å²) in [5.41, 5.74) is 7.89. The Morgan fingerprint density at radius 2 is 2.06 bits per heavy atom. The van der Waals surface area contributed by atoms with E-state index in [0.717, 1.165) is 40.2 Å². The van der Waals surface area contributed by atoms with Crippen molar-refractivity contribution in [1.29, 1.82) is 0 Å². The second-order valence-electron chi connectivity index (χ2n) is 8.46. The van der Waals surface area contributed by atoms with E-state index >= 15 is 0 Å². The quantitative estimate of drug-likeness (QED) is 0.467. The van der Waals surface area contributed by atoms with Gasteiger partial charge in [-0.05, 0) is 61.8 Å². The number of anilines is 1. The molecule has 2 aromatic heterocycles. The summed E-state index contributed by atoms with van der Waals surface area (Å²) in [6.45, 7) is 3.13. The van der Waals surface area contributed by atoms with Gasteiger partial charge in [0.2, 0.25) is 5.91 Å². The van der Waals surface area contributed by atoms with Crippen LogP contribution in [0.2, 0.25) is 5.02 Å². The van der Waals surface area contributed by atoms with Crippen molar-refractivity contribution in [1.82, 2.24) is 14.9 Å². The van der Waals surface area contributed by atoms with E-state index in [1.807, 2.05) is 24.3 Å². The average molecular weight is 516 g/mol. The third-order valence-corrected chi connectivity index (χ3v) is 7.40. The number of carbonyl (C=O) groups excluding carboxylic acids is 1. The molecule has 35 heavy (non-hydrogen) atoms. The normalized spacial score (nSPS) is 16.6. The van der Waals surface area contributed by atoms with Crippen LogP contribution in [0.4, 0.5) is 5.82 Å². The molecule has 8 nitrogen and oxygen atoms in total. The zero-order valence-corrected chi connectivity index (χ0v) is 21.2. The highest BCUT2D eigenvalue weighted by molar-refractivity contribution is 8.00. The molecule has 5 rings (SSSR count). The number of aromatic nitrogens is 2. The molecule has 0 unspecified atom stereocenters. The van der Waals surface area contributed by atoms with Crippen LogP contribution in [0, 0.1) is 0 Å². The van der Waals surface area contributed by atoms with Gasteiger partial charge in [-0.2, -0.15) is 0 Å². The number of thioether (sulfide) groups is 1. The fourth-order valence-corrected chi connectivity index (χ4v) is 5.30. The summed E-state index contributed by atoms with van der Waals surface area (Å²) in [4.78, 5) is 22.9. The number of piperidine rings is 1. The molecule has 0 spiro atoms. The number of aliphatic hydroxyl groups excluding tert-OH is 1. The third kappa shape index (κ3) is 6.42. The Morgan fingerprint density at radius 1 is 1.26 bits per heavy atom. The number of nitrogens with one attached hydrogen (secondary N) is 1. The maximum Gasteiger partial charge on any atom is 0.235 e. The number of halogens is 1. The lowest BCUT2D eigenvalue weighted by Crippen LogP contribution is -2.33. The minimum absolute atomic E-state index is 0.0414. The molecule has 2 aliphatic heterocycles. The maximum atomic E-state index is 11.1. The number of aliphatic hydroxyl groups is 1. The Kier molecular flexibility index (Phi) is 8.80. The van der Waals surface area contributed by atoms with Crippen LogP contribution in [0.5, 0.6) is 5.75 Å². The Bertz CT molecular complexity index is 1190. The van der Waals surface area contributed by atoms with Crippen molar-refractivity contribution in [2.24, 2.45) is 5.73 Å². The first-order valence-corrected chi connectivity index (χ1v) is 13.0. The number of rotatable bonds is 5. The molecular formula is C25H30ClN5O3S. The molecule has 1 fully saturated rings. The molecule has 0 aliphatic carbocycles. The molecule has 1 amide bonds. The van der Waals surface area contributed by atoms with Crippen molar-refractivity contribution in [2.45, 2.75) is 36.8 Å². The topological polar surface area (TPSA) is 114 Å². The van der Waals surface area contributed by atoms with Gasteiger partial charge in [0.25, 0.3) is 0 Å². The molecule has 2 aliphatic rings. The number of β-amino-alcohol motifs (C(OH)–C–C–N with tert-alkyl or cyclic N) is 1. The Hall–Kier alpha value is -2.43. The molecule has 0 radical (unpaired) electrons. The number of likely N-dealkylation sites (tertiary alicyclic amines) is 1. The predicted molar refractivity (Wildman–Crippen MR) is 140 cm³/mol. The molecule has 4 heterocycles. The number of nitrogens with two attached hydrogens (primary N) is 1. The zero-order valence-electron chi connectivity index (χ0n) is 19.7. The molecule has 0 bridgehead atoms. The highest BCUT2D eigenvalue weighted by atomic mass is 35.5. The van der Waals surface area contributed by atoms with Crippen molar-refractivity contribution < 1.29 is 14.6 Å². The van der Waals surface area contributed by atoms with Gasteiger partial charge >= 0.3 is 0 Å². The van der Waals surface area contributed by atoms with Crippen molar-refractivity contribution in [3.05, 3.63) is 52.8 Å². The first kappa shape index (κ1) is 25.7. The van der Waals surface area contributed by atoms with Crippen LogP contribution in [0.3, 0.4) is 0 Å². The van der Waals surface area contributed by atoms with Gasteiger partial charge < -0.3 is 25.8 Å². The van der Waals surface area contributed by atoms with E-state index in [-0.39, 0.29) is 12.5 Å². The number of ether oxygens (including phenoxy) is 1. The summed E-state index contributed by atoms with van der Waals surface area (Å²) in [6, 6.07) is 9.49. The highest BCUT2D eigenvalue weighted by Crippen LogP contribution is 2.33. The third-order valence-electron chi connectivity index (χ3n) is 6.04. The summed E-state index contributed by atoms with van der Waals surface area (Å²) >= 11 is 7.36. The van der Waals surface area contributed by atoms with E-state index < -0.39 is 6.10 Å². The number of nitrogens with zero attached hydrogens (tertiary/aromatic N) is 3. The SMILES string of the molecule is COc1ccc2nccc([C@@H](O)CN3CCCCC3)c2c1.NCc1nc2c(cc1Cl)SCC(=O)N2. The fraction of sp³-hybridized carbons (Fsp3) is 0.400. The lowest BCUT2D eigenvalue weighted by Gasteiger charge is -2.28. The van der Waals surface area contributed by atoms with Crippen molar-refractivity contribution in [3.8, 4) is 5.75 Å². The molecule has 4 N–H and O–H groups in total. The van der Waals surface area contributed by atoms with Gasteiger partial charge in [-0.25, -0.2) is 4.98 Å². The lowest BCUT2D eigenvalue weighted by atomic mass is 10.0. The standard InChI is InChI=1S/C17H22N2O2.C8H8ClN3OS/c1-21-13-5-6-16-15(11-13)14(7-8-18-16)17(20)12-19-9-3-2-4-10-19;9-4-1-6-8(11-5(4)2-10)12-7(13)3-14-6/h5-8,11,17,20H,2-4,9-10,12H2,1H3;1H,2-3,10H2,(H,11,12,13)/t17-;/m0./s1. The average Bonchev–Trinajstić information content (AvgIpc) is 2.88. The van der Waals surface area contributed by atoms with Gasteiger partial charge in [-0.1, -0.05) is 18.0 Å². The highest BCUT2D eigenvalue weighted by Gasteiger charge is 2.19. The Morgan fingerprint density at radius 3 is 2.80 bits per heavy atom. The van der Waals surface area contributed by atoms with Crippen LogP contribution < -0.4 is 15.8 Å². The summed E-state index contributed by atoms with van der Waals surface area (Å²) in [6.07, 6.45) is 5.06. The number of pyridine rings is 2. The van der Waals surface area contributed by atoms with Crippen molar-refractivity contribution in [3.63, 3.8) is 0 Å².